The number of hydrogen-bond acceptors (Lipinski definition) is 7. The first-order valence-electron chi connectivity index (χ1n) is 6.53. The van der Waals surface area contributed by atoms with Crippen LogP contribution < -0.4 is 0 Å². The van der Waals surface area contributed by atoms with Gasteiger partial charge in [-0.1, -0.05) is 12.2 Å². The van der Waals surface area contributed by atoms with Crippen molar-refractivity contribution >= 4 is 17.9 Å². The summed E-state index contributed by atoms with van der Waals surface area (Å²) >= 11 is 0. The van der Waals surface area contributed by atoms with Crippen LogP contribution in [0.2, 0.25) is 0 Å². The Morgan fingerprint density at radius 1 is 1.05 bits per heavy atom. The Balaban J connectivity index is 5.18. The molecular weight excluding hydrogens is 290 g/mol. The molecule has 0 spiro atoms. The molecule has 0 fully saturated rings. The van der Waals surface area contributed by atoms with Crippen molar-refractivity contribution in [3.8, 4) is 6.07 Å². The number of esters is 3. The molecule has 0 aliphatic heterocycles. The van der Waals surface area contributed by atoms with Gasteiger partial charge in [-0.2, -0.15) is 5.26 Å². The predicted molar refractivity (Wildman–Crippen MR) is 76.2 cm³/mol. The van der Waals surface area contributed by atoms with Crippen molar-refractivity contribution in [3.05, 3.63) is 24.3 Å². The number of hydrogen-bond donors (Lipinski definition) is 0. The van der Waals surface area contributed by atoms with Crippen LogP contribution in [0.1, 0.15) is 19.8 Å². The van der Waals surface area contributed by atoms with Crippen LogP contribution in [0.4, 0.5) is 0 Å². The Bertz CT molecular complexity index is 473. The van der Waals surface area contributed by atoms with Crippen LogP contribution in [0, 0.1) is 16.7 Å². The fourth-order valence-electron chi connectivity index (χ4n) is 1.50. The van der Waals surface area contributed by atoms with Crippen LogP contribution in [0.25, 0.3) is 0 Å². The van der Waals surface area contributed by atoms with E-state index in [2.05, 4.69) is 9.47 Å². The predicted octanol–water partition coefficient (Wildman–Crippen LogP) is 1.30. The molecule has 22 heavy (non-hydrogen) atoms. The number of nitrogens with zero attached hydrogens (tertiary/aromatic N) is 1. The highest BCUT2D eigenvalue weighted by Gasteiger charge is 2.38. The van der Waals surface area contributed by atoms with E-state index >= 15 is 0 Å². The number of ether oxygens (including phenoxy) is 3. The summed E-state index contributed by atoms with van der Waals surface area (Å²) in [6, 6.07) is 1.90. The Morgan fingerprint density at radius 3 is 1.82 bits per heavy atom. The van der Waals surface area contributed by atoms with Gasteiger partial charge in [0.1, 0.15) is 0 Å². The third-order valence-electron chi connectivity index (χ3n) is 2.72. The fraction of sp³-hybridized carbons (Fsp3) is 0.467. The van der Waals surface area contributed by atoms with Gasteiger partial charge < -0.3 is 14.2 Å². The van der Waals surface area contributed by atoms with Crippen LogP contribution in [0.5, 0.6) is 0 Å². The summed E-state index contributed by atoms with van der Waals surface area (Å²) in [5.41, 5.74) is -1.52. The highest BCUT2D eigenvalue weighted by Crippen LogP contribution is 2.29. The lowest BCUT2D eigenvalue weighted by Crippen LogP contribution is -2.31. The third kappa shape index (κ3) is 6.22. The lowest BCUT2D eigenvalue weighted by molar-refractivity contribution is -0.151. The summed E-state index contributed by atoms with van der Waals surface area (Å²) < 4.78 is 13.8. The molecular formula is C15H19NO6. The first kappa shape index (κ1) is 19.4. The lowest BCUT2D eigenvalue weighted by atomic mass is 9.82. The summed E-state index contributed by atoms with van der Waals surface area (Å²) in [6.07, 6.45) is 4.85. The second-order valence-electron chi connectivity index (χ2n) is 4.17. The molecule has 0 aromatic carbocycles. The van der Waals surface area contributed by atoms with E-state index in [-0.39, 0.29) is 19.4 Å². The van der Waals surface area contributed by atoms with Crippen molar-refractivity contribution in [2.45, 2.75) is 19.8 Å². The molecule has 0 aliphatic rings. The van der Waals surface area contributed by atoms with E-state index in [0.29, 0.717) is 0 Å². The molecule has 0 aromatic rings. The number of carbonyl (C=O) groups is 3. The van der Waals surface area contributed by atoms with Crippen LogP contribution in [-0.4, -0.2) is 38.7 Å². The Labute approximate surface area is 129 Å². The lowest BCUT2D eigenvalue weighted by Gasteiger charge is -2.21. The zero-order chi connectivity index (χ0) is 17.0. The zero-order valence-electron chi connectivity index (χ0n) is 12.8. The zero-order valence-corrected chi connectivity index (χ0v) is 12.8. The monoisotopic (exact) mass is 309 g/mol. The molecule has 0 amide bonds. The Morgan fingerprint density at radius 2 is 1.50 bits per heavy atom. The largest absolute Gasteiger partial charge is 0.466 e. The smallest absolute Gasteiger partial charge is 0.330 e. The fourth-order valence-corrected chi connectivity index (χ4v) is 1.50. The van der Waals surface area contributed by atoms with E-state index in [0.717, 1.165) is 12.2 Å². The van der Waals surface area contributed by atoms with Crippen LogP contribution in [0.15, 0.2) is 24.3 Å². The van der Waals surface area contributed by atoms with Crippen LogP contribution >= 0.6 is 0 Å². The molecule has 0 radical (unpaired) electrons. The summed E-state index contributed by atoms with van der Waals surface area (Å²) in [6.45, 7) is 1.73. The van der Waals surface area contributed by atoms with Gasteiger partial charge in [0.2, 0.25) is 0 Å². The van der Waals surface area contributed by atoms with Crippen molar-refractivity contribution in [2.75, 3.05) is 20.8 Å². The maximum atomic E-state index is 12.0. The number of rotatable bonds is 8. The second-order valence-corrected chi connectivity index (χ2v) is 4.17. The minimum Gasteiger partial charge on any atom is -0.466 e. The SMILES string of the molecule is CCOC(=O)C(C#N)(C/C=C/C(=O)OC)C/C=C/C(=O)OC. The first-order chi connectivity index (χ1) is 10.5. The van der Waals surface area contributed by atoms with Crippen molar-refractivity contribution < 1.29 is 28.6 Å². The van der Waals surface area contributed by atoms with Gasteiger partial charge in [0.05, 0.1) is 26.9 Å². The van der Waals surface area contributed by atoms with E-state index in [9.17, 15) is 19.6 Å². The normalized spacial score (nSPS) is 11.2. The second kappa shape index (κ2) is 10.2. The average molecular weight is 309 g/mol. The van der Waals surface area contributed by atoms with Crippen LogP contribution in [-0.2, 0) is 28.6 Å². The summed E-state index contributed by atoms with van der Waals surface area (Å²) in [4.78, 5) is 34.1. The Hall–Kier alpha value is -2.62. The summed E-state index contributed by atoms with van der Waals surface area (Å²) in [5.74, 6) is -1.91. The average Bonchev–Trinajstić information content (AvgIpc) is 2.52. The summed E-state index contributed by atoms with van der Waals surface area (Å²) in [7, 11) is 2.43. The van der Waals surface area contributed by atoms with Gasteiger partial charge in [-0.05, 0) is 19.8 Å². The van der Waals surface area contributed by atoms with Gasteiger partial charge in [0.15, 0.2) is 5.41 Å². The number of methoxy groups -OCH3 is 2. The number of allylic oxidation sites excluding steroid dienone is 2. The molecule has 0 heterocycles. The molecule has 0 saturated heterocycles. The molecule has 7 nitrogen and oxygen atoms in total. The quantitative estimate of drug-likeness (QED) is 0.378. The van der Waals surface area contributed by atoms with Crippen molar-refractivity contribution in [1.29, 1.82) is 5.26 Å². The van der Waals surface area contributed by atoms with E-state index in [1.54, 1.807) is 6.92 Å². The molecule has 0 N–H and O–H groups in total. The van der Waals surface area contributed by atoms with E-state index in [4.69, 9.17) is 4.74 Å². The van der Waals surface area contributed by atoms with E-state index in [1.165, 1.54) is 26.4 Å². The molecule has 0 aliphatic carbocycles. The Kier molecular flexibility index (Phi) is 8.95. The molecule has 0 unspecified atom stereocenters. The van der Waals surface area contributed by atoms with Gasteiger partial charge in [-0.3, -0.25) is 4.79 Å². The van der Waals surface area contributed by atoms with Gasteiger partial charge in [-0.25, -0.2) is 9.59 Å². The first-order valence-corrected chi connectivity index (χ1v) is 6.53. The standard InChI is InChI=1S/C15H19NO6/c1-4-22-14(19)15(11-16,9-5-7-12(17)20-2)10-6-8-13(18)21-3/h5-8H,4,9-10H2,1-3H3/b7-5+,8-6+. The van der Waals surface area contributed by atoms with Gasteiger partial charge in [-0.15, -0.1) is 0 Å². The number of nitriles is 1. The van der Waals surface area contributed by atoms with E-state index < -0.39 is 23.3 Å². The van der Waals surface area contributed by atoms with Gasteiger partial charge >= 0.3 is 17.9 Å². The molecule has 7 heteroatoms. The molecule has 0 bridgehead atoms. The summed E-state index contributed by atoms with van der Waals surface area (Å²) in [5, 5.41) is 9.37. The highest BCUT2D eigenvalue weighted by atomic mass is 16.5. The third-order valence-corrected chi connectivity index (χ3v) is 2.72. The van der Waals surface area contributed by atoms with Crippen molar-refractivity contribution in [3.63, 3.8) is 0 Å². The maximum Gasteiger partial charge on any atom is 0.330 e. The molecule has 0 atom stereocenters. The van der Waals surface area contributed by atoms with Gasteiger partial charge in [0.25, 0.3) is 0 Å². The highest BCUT2D eigenvalue weighted by molar-refractivity contribution is 5.84. The van der Waals surface area contributed by atoms with Crippen LogP contribution in [0.3, 0.4) is 0 Å². The topological polar surface area (TPSA) is 103 Å². The van der Waals surface area contributed by atoms with Crippen molar-refractivity contribution in [1.82, 2.24) is 0 Å². The number of carbonyl (C=O) groups excluding carboxylic acids is 3. The maximum absolute atomic E-state index is 12.0. The van der Waals surface area contributed by atoms with Gasteiger partial charge in [0, 0.05) is 12.2 Å². The minimum atomic E-state index is -1.52. The minimum absolute atomic E-state index is 0.0526. The molecule has 120 valence electrons. The molecule has 0 rings (SSSR count). The van der Waals surface area contributed by atoms with E-state index in [1.807, 2.05) is 6.07 Å². The van der Waals surface area contributed by atoms with Crippen molar-refractivity contribution in [2.24, 2.45) is 5.41 Å². The molecule has 0 saturated carbocycles. The molecule has 0 aromatic heterocycles.